The summed E-state index contributed by atoms with van der Waals surface area (Å²) in [5.41, 5.74) is 4.32. The second-order valence-corrected chi connectivity index (χ2v) is 4.59. The monoisotopic (exact) mass is 229 g/mol. The molecule has 88 valence electrons. The second kappa shape index (κ2) is 3.58. The maximum absolute atomic E-state index is 5.61. The molecule has 0 aliphatic rings. The van der Waals surface area contributed by atoms with Gasteiger partial charge in [0.15, 0.2) is 5.65 Å². The SMILES string of the molecule is CCc1cc2nc3[nH]c(C(C)C)cc3nc2o1. The van der Waals surface area contributed by atoms with Gasteiger partial charge >= 0.3 is 0 Å². The zero-order chi connectivity index (χ0) is 12.0. The summed E-state index contributed by atoms with van der Waals surface area (Å²) >= 11 is 0. The summed E-state index contributed by atoms with van der Waals surface area (Å²) in [6.45, 7) is 6.34. The number of aromatic nitrogens is 3. The third-order valence-corrected chi connectivity index (χ3v) is 2.97. The highest BCUT2D eigenvalue weighted by molar-refractivity contribution is 5.82. The summed E-state index contributed by atoms with van der Waals surface area (Å²) in [5, 5.41) is 0. The molecule has 0 amide bonds. The first kappa shape index (κ1) is 10.3. The van der Waals surface area contributed by atoms with Gasteiger partial charge in [0.05, 0.1) is 0 Å². The number of fused-ring (bicyclic) bond motifs is 2. The molecule has 4 heteroatoms. The molecule has 0 radical (unpaired) electrons. The molecule has 4 nitrogen and oxygen atoms in total. The Morgan fingerprint density at radius 3 is 2.76 bits per heavy atom. The molecule has 1 N–H and O–H groups in total. The Balaban J connectivity index is 2.24. The molecule has 3 rings (SSSR count). The van der Waals surface area contributed by atoms with Crippen molar-refractivity contribution in [2.75, 3.05) is 0 Å². The number of aryl methyl sites for hydroxylation is 1. The number of nitrogens with one attached hydrogen (secondary N) is 1. The molecule has 0 fully saturated rings. The van der Waals surface area contributed by atoms with Crippen LogP contribution in [0.4, 0.5) is 0 Å². The van der Waals surface area contributed by atoms with Gasteiger partial charge in [0.25, 0.3) is 0 Å². The fourth-order valence-electron chi connectivity index (χ4n) is 1.92. The highest BCUT2D eigenvalue weighted by atomic mass is 16.3. The maximum Gasteiger partial charge on any atom is 0.246 e. The van der Waals surface area contributed by atoms with Crippen LogP contribution in [-0.4, -0.2) is 15.0 Å². The number of H-pyrrole nitrogens is 1. The number of aromatic amines is 1. The Labute approximate surface area is 99.1 Å². The molecule has 17 heavy (non-hydrogen) atoms. The van der Waals surface area contributed by atoms with Gasteiger partial charge in [0.2, 0.25) is 5.71 Å². The highest BCUT2D eigenvalue weighted by Gasteiger charge is 2.11. The molecule has 0 saturated carbocycles. The van der Waals surface area contributed by atoms with E-state index in [2.05, 4.69) is 35.7 Å². The predicted molar refractivity (Wildman–Crippen MR) is 67.1 cm³/mol. The first-order valence-electron chi connectivity index (χ1n) is 5.96. The van der Waals surface area contributed by atoms with Crippen molar-refractivity contribution in [3.8, 4) is 0 Å². The van der Waals surface area contributed by atoms with Crippen LogP contribution in [0.25, 0.3) is 22.4 Å². The van der Waals surface area contributed by atoms with E-state index in [1.165, 1.54) is 0 Å². The lowest BCUT2D eigenvalue weighted by Gasteiger charge is -1.97. The van der Waals surface area contributed by atoms with E-state index in [-0.39, 0.29) is 0 Å². The topological polar surface area (TPSA) is 54.7 Å². The fraction of sp³-hybridized carbons (Fsp3) is 0.385. The van der Waals surface area contributed by atoms with Crippen LogP contribution in [0.5, 0.6) is 0 Å². The average molecular weight is 229 g/mol. The van der Waals surface area contributed by atoms with Gasteiger partial charge in [-0.15, -0.1) is 0 Å². The van der Waals surface area contributed by atoms with Gasteiger partial charge in [-0.2, -0.15) is 0 Å². The molecule has 0 bridgehead atoms. The van der Waals surface area contributed by atoms with E-state index in [1.54, 1.807) is 0 Å². The van der Waals surface area contributed by atoms with E-state index in [9.17, 15) is 0 Å². The van der Waals surface area contributed by atoms with Gasteiger partial charge in [-0.1, -0.05) is 20.8 Å². The molecule has 3 heterocycles. The zero-order valence-electron chi connectivity index (χ0n) is 10.2. The molecular weight excluding hydrogens is 214 g/mol. The van der Waals surface area contributed by atoms with Crippen LogP contribution < -0.4 is 0 Å². The molecule has 3 aromatic heterocycles. The third kappa shape index (κ3) is 1.60. The molecule has 0 aromatic carbocycles. The van der Waals surface area contributed by atoms with Crippen molar-refractivity contribution in [3.05, 3.63) is 23.6 Å². The lowest BCUT2D eigenvalue weighted by atomic mass is 10.1. The number of furan rings is 1. The minimum Gasteiger partial charge on any atom is -0.441 e. The Kier molecular flexibility index (Phi) is 2.18. The van der Waals surface area contributed by atoms with E-state index in [4.69, 9.17) is 4.42 Å². The van der Waals surface area contributed by atoms with Crippen molar-refractivity contribution in [2.24, 2.45) is 0 Å². The zero-order valence-corrected chi connectivity index (χ0v) is 10.2. The lowest BCUT2D eigenvalue weighted by Crippen LogP contribution is -1.85. The molecule has 0 saturated heterocycles. The van der Waals surface area contributed by atoms with Crippen molar-refractivity contribution in [1.82, 2.24) is 15.0 Å². The van der Waals surface area contributed by atoms with Crippen molar-refractivity contribution in [1.29, 1.82) is 0 Å². The van der Waals surface area contributed by atoms with Crippen LogP contribution in [0.2, 0.25) is 0 Å². The normalized spacial score (nSPS) is 12.0. The summed E-state index contributed by atoms with van der Waals surface area (Å²) in [4.78, 5) is 12.3. The minimum absolute atomic E-state index is 0.448. The fourth-order valence-corrected chi connectivity index (χ4v) is 1.92. The first-order valence-corrected chi connectivity index (χ1v) is 5.96. The Bertz CT molecular complexity index is 627. The summed E-state index contributed by atoms with van der Waals surface area (Å²) in [6, 6.07) is 4.00. The summed E-state index contributed by atoms with van der Waals surface area (Å²) in [5.74, 6) is 1.38. The predicted octanol–water partition coefficient (Wildman–Crippen LogP) is 3.39. The van der Waals surface area contributed by atoms with E-state index >= 15 is 0 Å². The van der Waals surface area contributed by atoms with Crippen molar-refractivity contribution >= 4 is 22.4 Å². The van der Waals surface area contributed by atoms with Crippen LogP contribution >= 0.6 is 0 Å². The minimum atomic E-state index is 0.448. The Hall–Kier alpha value is -1.84. The van der Waals surface area contributed by atoms with Gasteiger partial charge in [-0.05, 0) is 12.0 Å². The van der Waals surface area contributed by atoms with Gasteiger partial charge < -0.3 is 9.40 Å². The van der Waals surface area contributed by atoms with Crippen LogP contribution in [-0.2, 0) is 6.42 Å². The average Bonchev–Trinajstić information content (AvgIpc) is 2.87. The van der Waals surface area contributed by atoms with Crippen molar-refractivity contribution < 1.29 is 4.42 Å². The summed E-state index contributed by atoms with van der Waals surface area (Å²) in [7, 11) is 0. The summed E-state index contributed by atoms with van der Waals surface area (Å²) < 4.78 is 5.61. The van der Waals surface area contributed by atoms with Crippen molar-refractivity contribution in [3.63, 3.8) is 0 Å². The van der Waals surface area contributed by atoms with Gasteiger partial charge in [0, 0.05) is 18.2 Å². The molecule has 3 aromatic rings. The summed E-state index contributed by atoms with van der Waals surface area (Å²) in [6.07, 6.45) is 0.864. The van der Waals surface area contributed by atoms with Crippen LogP contribution in [0, 0.1) is 0 Å². The third-order valence-electron chi connectivity index (χ3n) is 2.97. The highest BCUT2D eigenvalue weighted by Crippen LogP contribution is 2.22. The molecule has 0 spiro atoms. The maximum atomic E-state index is 5.61. The van der Waals surface area contributed by atoms with E-state index < -0.39 is 0 Å². The van der Waals surface area contributed by atoms with Gasteiger partial charge in [0.1, 0.15) is 16.8 Å². The van der Waals surface area contributed by atoms with Crippen molar-refractivity contribution in [2.45, 2.75) is 33.1 Å². The van der Waals surface area contributed by atoms with Crippen LogP contribution in [0.15, 0.2) is 16.5 Å². The smallest absolute Gasteiger partial charge is 0.246 e. The number of rotatable bonds is 2. The molecule has 0 unspecified atom stereocenters. The van der Waals surface area contributed by atoms with E-state index in [0.717, 1.165) is 34.6 Å². The van der Waals surface area contributed by atoms with E-state index in [0.29, 0.717) is 11.6 Å². The number of nitrogens with zero attached hydrogens (tertiary/aromatic N) is 2. The van der Waals surface area contributed by atoms with Gasteiger partial charge in [-0.3, -0.25) is 0 Å². The molecule has 0 aliphatic carbocycles. The quantitative estimate of drug-likeness (QED) is 0.732. The van der Waals surface area contributed by atoms with Crippen LogP contribution in [0.1, 0.15) is 38.1 Å². The Morgan fingerprint density at radius 2 is 2.06 bits per heavy atom. The number of hydrogen-bond donors (Lipinski definition) is 1. The first-order chi connectivity index (χ1) is 8.17. The van der Waals surface area contributed by atoms with E-state index in [1.807, 2.05) is 12.1 Å². The number of hydrogen-bond acceptors (Lipinski definition) is 3. The molecule has 0 aliphatic heterocycles. The van der Waals surface area contributed by atoms with Crippen LogP contribution in [0.3, 0.4) is 0 Å². The molecular formula is C13H15N3O. The molecule has 0 atom stereocenters. The second-order valence-electron chi connectivity index (χ2n) is 4.59. The van der Waals surface area contributed by atoms with Gasteiger partial charge in [-0.25, -0.2) is 9.97 Å². The largest absolute Gasteiger partial charge is 0.441 e. The standard InChI is InChI=1S/C13H15N3O/c1-4-8-5-11-13(17-8)16-10-6-9(7(2)3)14-12(10)15-11/h5-7H,4H2,1-3H3,(H,14,15). The Morgan fingerprint density at radius 1 is 1.24 bits per heavy atom. The lowest BCUT2D eigenvalue weighted by molar-refractivity contribution is 0.548.